The molecule has 1 aliphatic rings. The molecule has 1 aromatic carbocycles. The highest BCUT2D eigenvalue weighted by Gasteiger charge is 2.48. The smallest absolute Gasteiger partial charge is 0.430 e. The third kappa shape index (κ3) is 2.58. The Hall–Kier alpha value is -1.57. The Balaban J connectivity index is 2.61. The van der Waals surface area contributed by atoms with Crippen LogP contribution in [0.5, 0.6) is 5.75 Å². The second-order valence-corrected chi connectivity index (χ2v) is 4.67. The number of hydrogen-bond acceptors (Lipinski definition) is 2. The van der Waals surface area contributed by atoms with Crippen LogP contribution in [0.1, 0.15) is 5.56 Å². The summed E-state index contributed by atoms with van der Waals surface area (Å²) < 4.78 is 56.4. The molecule has 0 aliphatic carbocycles. The summed E-state index contributed by atoms with van der Waals surface area (Å²) in [4.78, 5) is 10.8. The standard InChI is InChI=1S/C11H5BrF4O3/c12-5-1-4-2-6(10(17)18)9(11(14,15)16)19-8(4)7(13)3-5/h1-3,9H,(H,17,18)/t9-/m0/s1. The number of aliphatic carboxylic acids is 1. The first kappa shape index (κ1) is 13.9. The summed E-state index contributed by atoms with van der Waals surface area (Å²) in [6, 6.07) is 2.21. The summed E-state index contributed by atoms with van der Waals surface area (Å²) in [6.45, 7) is 0. The molecule has 0 saturated heterocycles. The molecule has 0 unspecified atom stereocenters. The lowest BCUT2D eigenvalue weighted by atomic mass is 10.0. The molecule has 0 radical (unpaired) electrons. The molecule has 0 bridgehead atoms. The lowest BCUT2D eigenvalue weighted by molar-refractivity contribution is -0.187. The van der Waals surface area contributed by atoms with E-state index in [-0.39, 0.29) is 10.0 Å². The highest BCUT2D eigenvalue weighted by Crippen LogP contribution is 2.39. The summed E-state index contributed by atoms with van der Waals surface area (Å²) in [5, 5.41) is 8.78. The van der Waals surface area contributed by atoms with Crippen molar-refractivity contribution in [3.8, 4) is 5.75 Å². The van der Waals surface area contributed by atoms with E-state index in [9.17, 15) is 22.4 Å². The van der Waals surface area contributed by atoms with Gasteiger partial charge in [-0.2, -0.15) is 13.2 Å². The molecule has 0 spiro atoms. The third-order valence-corrected chi connectivity index (χ3v) is 2.87. The maximum absolute atomic E-state index is 13.5. The zero-order valence-electron chi connectivity index (χ0n) is 8.96. The van der Waals surface area contributed by atoms with Crippen LogP contribution < -0.4 is 4.74 Å². The number of halogens is 5. The Morgan fingerprint density at radius 1 is 1.37 bits per heavy atom. The van der Waals surface area contributed by atoms with E-state index in [1.165, 1.54) is 6.07 Å². The van der Waals surface area contributed by atoms with Crippen molar-refractivity contribution in [2.75, 3.05) is 0 Å². The molecule has 1 N–H and O–H groups in total. The minimum absolute atomic E-state index is 0.0650. The van der Waals surface area contributed by atoms with E-state index in [1.807, 2.05) is 0 Å². The van der Waals surface area contributed by atoms with Gasteiger partial charge in [-0.15, -0.1) is 0 Å². The van der Waals surface area contributed by atoms with Gasteiger partial charge in [0, 0.05) is 10.0 Å². The first-order valence-corrected chi connectivity index (χ1v) is 5.66. The summed E-state index contributed by atoms with van der Waals surface area (Å²) >= 11 is 2.96. The van der Waals surface area contributed by atoms with Crippen molar-refractivity contribution >= 4 is 28.0 Å². The molecule has 19 heavy (non-hydrogen) atoms. The Kier molecular flexibility index (Phi) is 3.29. The summed E-state index contributed by atoms with van der Waals surface area (Å²) in [5.41, 5.74) is -1.05. The van der Waals surface area contributed by atoms with E-state index in [4.69, 9.17) is 5.11 Å². The maximum Gasteiger partial charge on any atom is 0.430 e. The van der Waals surface area contributed by atoms with Crippen molar-refractivity contribution < 1.29 is 32.2 Å². The van der Waals surface area contributed by atoms with Crippen LogP contribution in [0.4, 0.5) is 17.6 Å². The van der Waals surface area contributed by atoms with Gasteiger partial charge in [0.15, 0.2) is 11.6 Å². The van der Waals surface area contributed by atoms with Crippen LogP contribution in [0.2, 0.25) is 0 Å². The van der Waals surface area contributed by atoms with E-state index in [1.54, 1.807) is 0 Å². The van der Waals surface area contributed by atoms with Gasteiger partial charge in [-0.25, -0.2) is 9.18 Å². The van der Waals surface area contributed by atoms with Crippen LogP contribution in [0, 0.1) is 5.82 Å². The molecule has 1 heterocycles. The molecule has 0 saturated carbocycles. The number of hydrogen-bond donors (Lipinski definition) is 1. The molecule has 8 heteroatoms. The number of benzene rings is 1. The summed E-state index contributed by atoms with van der Waals surface area (Å²) in [7, 11) is 0. The van der Waals surface area contributed by atoms with E-state index in [0.717, 1.165) is 12.1 Å². The quantitative estimate of drug-likeness (QED) is 0.797. The Morgan fingerprint density at radius 2 is 2.00 bits per heavy atom. The highest BCUT2D eigenvalue weighted by molar-refractivity contribution is 9.10. The van der Waals surface area contributed by atoms with Crippen molar-refractivity contribution in [1.82, 2.24) is 0 Å². The predicted molar refractivity (Wildman–Crippen MR) is 60.2 cm³/mol. The Bertz CT molecular complexity index is 580. The average molecular weight is 341 g/mol. The van der Waals surface area contributed by atoms with Crippen LogP contribution >= 0.6 is 15.9 Å². The summed E-state index contributed by atoms with van der Waals surface area (Å²) in [5.74, 6) is -3.39. The molecule has 1 atom stereocenters. The lowest BCUT2D eigenvalue weighted by Gasteiger charge is -2.27. The number of carboxylic acid groups (broad SMARTS) is 1. The van der Waals surface area contributed by atoms with Crippen LogP contribution in [0.3, 0.4) is 0 Å². The van der Waals surface area contributed by atoms with Gasteiger partial charge in [-0.05, 0) is 18.2 Å². The van der Waals surface area contributed by atoms with Gasteiger partial charge in [0.25, 0.3) is 0 Å². The van der Waals surface area contributed by atoms with Gasteiger partial charge in [-0.1, -0.05) is 15.9 Å². The molecule has 0 fully saturated rings. The molecule has 1 aromatic rings. The van der Waals surface area contributed by atoms with Crippen molar-refractivity contribution in [3.05, 3.63) is 33.6 Å². The number of carbonyl (C=O) groups is 1. The normalized spacial score (nSPS) is 18.4. The van der Waals surface area contributed by atoms with Crippen LogP contribution in [0.25, 0.3) is 6.08 Å². The van der Waals surface area contributed by atoms with Gasteiger partial charge in [-0.3, -0.25) is 0 Å². The Labute approximate surface area is 112 Å². The minimum atomic E-state index is -4.94. The Morgan fingerprint density at radius 3 is 2.53 bits per heavy atom. The number of fused-ring (bicyclic) bond motifs is 1. The molecular formula is C11H5BrF4O3. The topological polar surface area (TPSA) is 46.5 Å². The van der Waals surface area contributed by atoms with Crippen molar-refractivity contribution in [1.29, 1.82) is 0 Å². The zero-order chi connectivity index (χ0) is 14.4. The van der Waals surface area contributed by atoms with Crippen LogP contribution in [0.15, 0.2) is 22.2 Å². The van der Waals surface area contributed by atoms with Crippen molar-refractivity contribution in [3.63, 3.8) is 0 Å². The average Bonchev–Trinajstić information content (AvgIpc) is 2.25. The van der Waals surface area contributed by atoms with E-state index < -0.39 is 35.4 Å². The van der Waals surface area contributed by atoms with Gasteiger partial charge >= 0.3 is 12.1 Å². The number of rotatable bonds is 1. The molecule has 1 aliphatic heterocycles. The molecular weight excluding hydrogens is 336 g/mol. The number of ether oxygens (including phenoxy) is 1. The lowest BCUT2D eigenvalue weighted by Crippen LogP contribution is -2.40. The van der Waals surface area contributed by atoms with Crippen molar-refractivity contribution in [2.24, 2.45) is 0 Å². The highest BCUT2D eigenvalue weighted by atomic mass is 79.9. The fraction of sp³-hybridized carbons (Fsp3) is 0.182. The van der Waals surface area contributed by atoms with Crippen LogP contribution in [-0.2, 0) is 4.79 Å². The number of alkyl halides is 3. The SMILES string of the molecule is O=C(O)C1=Cc2cc(Br)cc(F)c2O[C@@H]1C(F)(F)F. The fourth-order valence-electron chi connectivity index (χ4n) is 1.65. The second kappa shape index (κ2) is 4.52. The fourth-order valence-corrected chi connectivity index (χ4v) is 2.10. The van der Waals surface area contributed by atoms with E-state index >= 15 is 0 Å². The minimum Gasteiger partial charge on any atom is -0.478 e. The number of carboxylic acids is 1. The first-order chi connectivity index (χ1) is 8.70. The van der Waals surface area contributed by atoms with Gasteiger partial charge in [0.05, 0.1) is 5.57 Å². The monoisotopic (exact) mass is 340 g/mol. The van der Waals surface area contributed by atoms with E-state index in [2.05, 4.69) is 20.7 Å². The predicted octanol–water partition coefficient (Wildman–Crippen LogP) is 3.38. The first-order valence-electron chi connectivity index (χ1n) is 4.87. The van der Waals surface area contributed by atoms with Crippen molar-refractivity contribution in [2.45, 2.75) is 12.3 Å². The van der Waals surface area contributed by atoms with Crippen LogP contribution in [-0.4, -0.2) is 23.4 Å². The maximum atomic E-state index is 13.5. The molecule has 2 rings (SSSR count). The molecule has 0 aromatic heterocycles. The molecule has 3 nitrogen and oxygen atoms in total. The van der Waals surface area contributed by atoms with Gasteiger partial charge < -0.3 is 9.84 Å². The van der Waals surface area contributed by atoms with E-state index in [0.29, 0.717) is 0 Å². The van der Waals surface area contributed by atoms with Gasteiger partial charge in [0.1, 0.15) is 0 Å². The molecule has 0 amide bonds. The largest absolute Gasteiger partial charge is 0.478 e. The second-order valence-electron chi connectivity index (χ2n) is 3.75. The summed E-state index contributed by atoms with van der Waals surface area (Å²) in [6.07, 6.45) is -6.87. The third-order valence-electron chi connectivity index (χ3n) is 2.41. The zero-order valence-corrected chi connectivity index (χ0v) is 10.5. The molecule has 102 valence electrons. The van der Waals surface area contributed by atoms with Gasteiger partial charge in [0.2, 0.25) is 6.10 Å².